The Morgan fingerprint density at radius 2 is 2.25 bits per heavy atom. The first-order chi connectivity index (χ1) is 9.69. The average molecular weight is 289 g/mol. The molecule has 0 saturated heterocycles. The van der Waals surface area contributed by atoms with Crippen LogP contribution in [0.15, 0.2) is 36.5 Å². The second-order valence-electron chi connectivity index (χ2n) is 4.59. The lowest BCUT2D eigenvalue weighted by Crippen LogP contribution is -2.27. The number of carbonyl (C=O) groups excluding carboxylic acids is 1. The van der Waals surface area contributed by atoms with Crippen molar-refractivity contribution in [2.24, 2.45) is 5.84 Å². The standard InChI is InChI=1S/C14H13ClN4O/c15-11-4-3-9-6-13(20)19(12(9)7-11)8-10-2-1-5-17-14(10)18-16/h1-5,7H,6,8,16H2,(H,17,18). The smallest absolute Gasteiger partial charge is 0.231 e. The molecule has 0 fully saturated rings. The topological polar surface area (TPSA) is 71.2 Å². The quantitative estimate of drug-likeness (QED) is 0.670. The number of nitrogens with zero attached hydrogens (tertiary/aromatic N) is 2. The molecule has 2 heterocycles. The van der Waals surface area contributed by atoms with Crippen LogP contribution >= 0.6 is 11.6 Å². The number of hydrogen-bond acceptors (Lipinski definition) is 4. The molecule has 3 N–H and O–H groups in total. The van der Waals surface area contributed by atoms with Crippen molar-refractivity contribution in [1.29, 1.82) is 0 Å². The Hall–Kier alpha value is -2.11. The van der Waals surface area contributed by atoms with Crippen LogP contribution in [0.2, 0.25) is 5.02 Å². The number of carbonyl (C=O) groups is 1. The Morgan fingerprint density at radius 3 is 3.05 bits per heavy atom. The van der Waals surface area contributed by atoms with Crippen molar-refractivity contribution in [3.8, 4) is 0 Å². The van der Waals surface area contributed by atoms with Gasteiger partial charge in [-0.25, -0.2) is 10.8 Å². The summed E-state index contributed by atoms with van der Waals surface area (Å²) >= 11 is 6.02. The number of nitrogens with one attached hydrogen (secondary N) is 1. The largest absolute Gasteiger partial charge is 0.308 e. The first-order valence-electron chi connectivity index (χ1n) is 6.18. The molecular weight excluding hydrogens is 276 g/mol. The maximum Gasteiger partial charge on any atom is 0.231 e. The van der Waals surface area contributed by atoms with Crippen molar-refractivity contribution in [3.63, 3.8) is 0 Å². The number of nitrogen functional groups attached to an aromatic ring is 1. The summed E-state index contributed by atoms with van der Waals surface area (Å²) in [5.74, 6) is 6.06. The molecule has 5 nitrogen and oxygen atoms in total. The van der Waals surface area contributed by atoms with Crippen LogP contribution in [0.25, 0.3) is 0 Å². The van der Waals surface area contributed by atoms with E-state index in [0.29, 0.717) is 23.8 Å². The molecule has 0 radical (unpaired) electrons. The molecule has 0 bridgehead atoms. The third kappa shape index (κ3) is 2.21. The van der Waals surface area contributed by atoms with E-state index in [-0.39, 0.29) is 5.91 Å². The lowest BCUT2D eigenvalue weighted by molar-refractivity contribution is -0.117. The minimum absolute atomic E-state index is 0.0501. The molecule has 2 aromatic rings. The Kier molecular flexibility index (Phi) is 3.30. The molecule has 0 aliphatic carbocycles. The molecule has 0 unspecified atom stereocenters. The number of benzene rings is 1. The minimum Gasteiger partial charge on any atom is -0.308 e. The second-order valence-corrected chi connectivity index (χ2v) is 5.02. The molecular formula is C14H13ClN4O. The van der Waals surface area contributed by atoms with E-state index in [2.05, 4.69) is 10.4 Å². The van der Waals surface area contributed by atoms with E-state index >= 15 is 0 Å². The van der Waals surface area contributed by atoms with Gasteiger partial charge in [0.15, 0.2) is 0 Å². The zero-order valence-electron chi connectivity index (χ0n) is 10.6. The zero-order chi connectivity index (χ0) is 14.1. The number of fused-ring (bicyclic) bond motifs is 1. The van der Waals surface area contributed by atoms with Gasteiger partial charge in [-0.15, -0.1) is 0 Å². The number of pyridine rings is 1. The maximum atomic E-state index is 12.2. The van der Waals surface area contributed by atoms with Gasteiger partial charge in [0.1, 0.15) is 5.82 Å². The van der Waals surface area contributed by atoms with Gasteiger partial charge in [-0.3, -0.25) is 4.79 Å². The molecule has 1 aromatic carbocycles. The van der Waals surface area contributed by atoms with Gasteiger partial charge in [0.2, 0.25) is 5.91 Å². The number of amides is 1. The van der Waals surface area contributed by atoms with Crippen LogP contribution in [0.5, 0.6) is 0 Å². The van der Waals surface area contributed by atoms with Gasteiger partial charge in [-0.05, 0) is 23.8 Å². The highest BCUT2D eigenvalue weighted by Crippen LogP contribution is 2.33. The van der Waals surface area contributed by atoms with Crippen molar-refractivity contribution in [1.82, 2.24) is 4.98 Å². The number of nitrogens with two attached hydrogens (primary N) is 1. The Balaban J connectivity index is 1.96. The molecule has 0 spiro atoms. The molecule has 1 aromatic heterocycles. The first kappa shape index (κ1) is 12.9. The van der Waals surface area contributed by atoms with E-state index in [0.717, 1.165) is 16.8 Å². The van der Waals surface area contributed by atoms with Crippen LogP contribution in [-0.4, -0.2) is 10.9 Å². The summed E-state index contributed by atoms with van der Waals surface area (Å²) in [5.41, 5.74) is 5.25. The first-order valence-corrected chi connectivity index (χ1v) is 6.56. The highest BCUT2D eigenvalue weighted by Gasteiger charge is 2.27. The van der Waals surface area contributed by atoms with Gasteiger partial charge in [0.25, 0.3) is 0 Å². The predicted molar refractivity (Wildman–Crippen MR) is 78.4 cm³/mol. The summed E-state index contributed by atoms with van der Waals surface area (Å²) in [4.78, 5) is 18.0. The average Bonchev–Trinajstić information content (AvgIpc) is 2.76. The van der Waals surface area contributed by atoms with Gasteiger partial charge in [-0.1, -0.05) is 23.7 Å². The second kappa shape index (κ2) is 5.11. The van der Waals surface area contributed by atoms with Crippen LogP contribution in [0.1, 0.15) is 11.1 Å². The van der Waals surface area contributed by atoms with Crippen molar-refractivity contribution in [2.75, 3.05) is 10.3 Å². The summed E-state index contributed by atoms with van der Waals surface area (Å²) in [6.45, 7) is 0.416. The maximum absolute atomic E-state index is 12.2. The number of hydrazine groups is 1. The van der Waals surface area contributed by atoms with Crippen LogP contribution < -0.4 is 16.2 Å². The van der Waals surface area contributed by atoms with E-state index in [1.54, 1.807) is 17.2 Å². The molecule has 1 aliphatic heterocycles. The predicted octanol–water partition coefficient (Wildman–Crippen LogP) is 2.11. The lowest BCUT2D eigenvalue weighted by Gasteiger charge is -2.19. The third-order valence-electron chi connectivity index (χ3n) is 3.34. The van der Waals surface area contributed by atoms with Crippen molar-refractivity contribution < 1.29 is 4.79 Å². The number of anilines is 2. The Bertz CT molecular complexity index is 674. The summed E-state index contributed by atoms with van der Waals surface area (Å²) in [6.07, 6.45) is 2.05. The zero-order valence-corrected chi connectivity index (χ0v) is 11.4. The van der Waals surface area contributed by atoms with E-state index in [1.165, 1.54) is 0 Å². The highest BCUT2D eigenvalue weighted by atomic mass is 35.5. The fraction of sp³-hybridized carbons (Fsp3) is 0.143. The number of halogens is 1. The highest BCUT2D eigenvalue weighted by molar-refractivity contribution is 6.31. The SMILES string of the molecule is NNc1ncccc1CN1C(=O)Cc2ccc(Cl)cc21. The molecule has 20 heavy (non-hydrogen) atoms. The number of rotatable bonds is 3. The molecule has 0 atom stereocenters. The van der Waals surface area contributed by atoms with Crippen LogP contribution in [-0.2, 0) is 17.8 Å². The monoisotopic (exact) mass is 288 g/mol. The molecule has 102 valence electrons. The van der Waals surface area contributed by atoms with Gasteiger partial charge < -0.3 is 10.3 Å². The van der Waals surface area contributed by atoms with Crippen molar-refractivity contribution in [3.05, 3.63) is 52.7 Å². The molecule has 1 aliphatic rings. The van der Waals surface area contributed by atoms with Gasteiger partial charge in [-0.2, -0.15) is 0 Å². The number of hydrogen-bond donors (Lipinski definition) is 2. The van der Waals surface area contributed by atoms with Crippen LogP contribution in [0.4, 0.5) is 11.5 Å². The van der Waals surface area contributed by atoms with E-state index in [1.807, 2.05) is 24.3 Å². The van der Waals surface area contributed by atoms with Gasteiger partial charge >= 0.3 is 0 Å². The summed E-state index contributed by atoms with van der Waals surface area (Å²) < 4.78 is 0. The van der Waals surface area contributed by atoms with Crippen molar-refractivity contribution in [2.45, 2.75) is 13.0 Å². The molecule has 3 rings (SSSR count). The fourth-order valence-electron chi connectivity index (χ4n) is 2.37. The minimum atomic E-state index is 0.0501. The normalized spacial score (nSPS) is 13.5. The molecule has 1 amide bonds. The van der Waals surface area contributed by atoms with Crippen LogP contribution in [0, 0.1) is 0 Å². The molecule has 0 saturated carbocycles. The van der Waals surface area contributed by atoms with E-state index in [4.69, 9.17) is 17.4 Å². The van der Waals surface area contributed by atoms with Gasteiger partial charge in [0.05, 0.1) is 13.0 Å². The number of aromatic nitrogens is 1. The van der Waals surface area contributed by atoms with Gasteiger partial charge in [0, 0.05) is 22.5 Å². The summed E-state index contributed by atoms with van der Waals surface area (Å²) in [6, 6.07) is 9.20. The van der Waals surface area contributed by atoms with E-state index in [9.17, 15) is 4.79 Å². The Morgan fingerprint density at radius 1 is 1.40 bits per heavy atom. The van der Waals surface area contributed by atoms with Crippen LogP contribution in [0.3, 0.4) is 0 Å². The fourth-order valence-corrected chi connectivity index (χ4v) is 2.54. The summed E-state index contributed by atoms with van der Waals surface area (Å²) in [7, 11) is 0. The summed E-state index contributed by atoms with van der Waals surface area (Å²) in [5, 5.41) is 0.617. The van der Waals surface area contributed by atoms with E-state index < -0.39 is 0 Å². The third-order valence-corrected chi connectivity index (χ3v) is 3.57. The lowest BCUT2D eigenvalue weighted by atomic mass is 10.1. The van der Waals surface area contributed by atoms with Crippen molar-refractivity contribution >= 4 is 29.0 Å². The molecule has 6 heteroatoms. The Labute approximate surface area is 121 Å².